The van der Waals surface area contributed by atoms with Crippen molar-refractivity contribution in [1.29, 1.82) is 0 Å². The van der Waals surface area contributed by atoms with Gasteiger partial charge in [-0.2, -0.15) is 0 Å². The Bertz CT molecular complexity index is 413. The molecule has 0 aliphatic heterocycles. The minimum Gasteiger partial charge on any atom is -0.392 e. The minimum absolute atomic E-state index is 0.0791. The van der Waals surface area contributed by atoms with Gasteiger partial charge in [0.1, 0.15) is 9.84 Å². The van der Waals surface area contributed by atoms with Crippen LogP contribution < -0.4 is 4.72 Å². The Morgan fingerprint density at radius 2 is 1.65 bits per heavy atom. The van der Waals surface area contributed by atoms with Crippen LogP contribution in [0, 0.1) is 5.92 Å². The van der Waals surface area contributed by atoms with E-state index in [1.54, 1.807) is 0 Å². The summed E-state index contributed by atoms with van der Waals surface area (Å²) in [4.78, 5) is 0. The third-order valence-electron chi connectivity index (χ3n) is 2.01. The lowest BCUT2D eigenvalue weighted by molar-refractivity contribution is 0.152. The van der Waals surface area contributed by atoms with Crippen LogP contribution in [0.4, 0.5) is 0 Å². The zero-order valence-electron chi connectivity index (χ0n) is 10.4. The highest BCUT2D eigenvalue weighted by Gasteiger charge is 2.16. The van der Waals surface area contributed by atoms with E-state index < -0.39 is 37.5 Å². The summed E-state index contributed by atoms with van der Waals surface area (Å²) < 4.78 is 46.6. The second kappa shape index (κ2) is 6.67. The van der Waals surface area contributed by atoms with Crippen molar-refractivity contribution in [3.8, 4) is 0 Å². The molecular weight excluding hydrogens is 266 g/mol. The van der Waals surface area contributed by atoms with Gasteiger partial charge in [0.2, 0.25) is 10.0 Å². The first-order valence-electron chi connectivity index (χ1n) is 5.35. The number of sulfonamides is 1. The highest BCUT2D eigenvalue weighted by atomic mass is 32.2. The lowest BCUT2D eigenvalue weighted by Gasteiger charge is -2.13. The second-order valence-electron chi connectivity index (χ2n) is 4.58. The third kappa shape index (κ3) is 10.7. The van der Waals surface area contributed by atoms with Crippen molar-refractivity contribution in [2.24, 2.45) is 5.92 Å². The molecule has 0 spiro atoms. The summed E-state index contributed by atoms with van der Waals surface area (Å²) in [5, 5.41) is 9.47. The summed E-state index contributed by atoms with van der Waals surface area (Å²) in [5.74, 6) is -0.617. The van der Waals surface area contributed by atoms with Crippen LogP contribution >= 0.6 is 0 Å². The van der Waals surface area contributed by atoms with E-state index in [9.17, 15) is 21.9 Å². The Kier molecular flexibility index (Phi) is 6.60. The van der Waals surface area contributed by atoms with Gasteiger partial charge < -0.3 is 5.11 Å². The van der Waals surface area contributed by atoms with E-state index in [0.29, 0.717) is 6.42 Å². The van der Waals surface area contributed by atoms with Crippen molar-refractivity contribution < 1.29 is 21.9 Å². The Balaban J connectivity index is 4.11. The Labute approximate surface area is 103 Å². The Hall–Kier alpha value is -0.180. The number of hydrogen-bond donors (Lipinski definition) is 2. The van der Waals surface area contributed by atoms with Crippen molar-refractivity contribution in [3.05, 3.63) is 0 Å². The number of rotatable bonds is 8. The molecule has 0 aliphatic carbocycles. The summed E-state index contributed by atoms with van der Waals surface area (Å²) >= 11 is 0. The molecule has 0 bridgehead atoms. The predicted molar refractivity (Wildman–Crippen MR) is 67.0 cm³/mol. The molecule has 17 heavy (non-hydrogen) atoms. The molecule has 0 aromatic rings. The molecule has 2 N–H and O–H groups in total. The van der Waals surface area contributed by atoms with Gasteiger partial charge in [0.25, 0.3) is 0 Å². The first kappa shape index (κ1) is 16.8. The van der Waals surface area contributed by atoms with Crippen molar-refractivity contribution in [2.45, 2.75) is 26.4 Å². The maximum absolute atomic E-state index is 11.4. The van der Waals surface area contributed by atoms with Crippen LogP contribution in [0.2, 0.25) is 0 Å². The Morgan fingerprint density at radius 1 is 1.12 bits per heavy atom. The van der Waals surface area contributed by atoms with Crippen LogP contribution in [-0.2, 0) is 19.9 Å². The third-order valence-corrected chi connectivity index (χ3v) is 4.56. The summed E-state index contributed by atoms with van der Waals surface area (Å²) in [6.45, 7) is 3.76. The second-order valence-corrected chi connectivity index (χ2v) is 8.77. The molecule has 0 aliphatic rings. The summed E-state index contributed by atoms with van der Waals surface area (Å²) in [6, 6.07) is 0. The van der Waals surface area contributed by atoms with Gasteiger partial charge in [-0.3, -0.25) is 0 Å². The van der Waals surface area contributed by atoms with E-state index in [4.69, 9.17) is 0 Å². The van der Waals surface area contributed by atoms with Crippen LogP contribution in [0.5, 0.6) is 0 Å². The van der Waals surface area contributed by atoms with E-state index >= 15 is 0 Å². The smallest absolute Gasteiger partial charge is 0.212 e. The van der Waals surface area contributed by atoms with Gasteiger partial charge in [0, 0.05) is 12.8 Å². The molecule has 0 aromatic heterocycles. The molecule has 1 atom stereocenters. The van der Waals surface area contributed by atoms with Gasteiger partial charge in [-0.05, 0) is 12.3 Å². The standard InChI is InChI=1S/C9H21NO5S2/c1-8(2)6-9(11)7-10-17(14,15)5-4-16(3,12)13/h8-11H,4-7H2,1-3H3. The number of aliphatic hydroxyl groups is 1. The molecule has 0 heterocycles. The van der Waals surface area contributed by atoms with Gasteiger partial charge >= 0.3 is 0 Å². The average Bonchev–Trinajstić information content (AvgIpc) is 2.10. The molecular formula is C9H21NO5S2. The van der Waals surface area contributed by atoms with Crippen molar-refractivity contribution in [2.75, 3.05) is 24.3 Å². The van der Waals surface area contributed by atoms with Gasteiger partial charge in [0.05, 0.1) is 17.6 Å². The highest BCUT2D eigenvalue weighted by Crippen LogP contribution is 2.03. The summed E-state index contributed by atoms with van der Waals surface area (Å²) in [6.07, 6.45) is 0.730. The van der Waals surface area contributed by atoms with Crippen molar-refractivity contribution >= 4 is 19.9 Å². The maximum Gasteiger partial charge on any atom is 0.212 e. The lowest BCUT2D eigenvalue weighted by Crippen LogP contribution is -2.35. The van der Waals surface area contributed by atoms with Gasteiger partial charge in [-0.1, -0.05) is 13.8 Å². The van der Waals surface area contributed by atoms with Gasteiger partial charge in [-0.25, -0.2) is 21.6 Å². The van der Waals surface area contributed by atoms with E-state index in [1.807, 2.05) is 13.8 Å². The van der Waals surface area contributed by atoms with Crippen molar-refractivity contribution in [1.82, 2.24) is 4.72 Å². The number of nitrogens with one attached hydrogen (secondary N) is 1. The van der Waals surface area contributed by atoms with Crippen LogP contribution in [0.3, 0.4) is 0 Å². The molecule has 8 heteroatoms. The Morgan fingerprint density at radius 3 is 2.06 bits per heavy atom. The fourth-order valence-corrected chi connectivity index (χ4v) is 3.86. The predicted octanol–water partition coefficient (Wildman–Crippen LogP) is -0.643. The molecule has 0 amide bonds. The fourth-order valence-electron chi connectivity index (χ4n) is 1.18. The van der Waals surface area contributed by atoms with Crippen LogP contribution in [-0.4, -0.2) is 52.4 Å². The quantitative estimate of drug-likeness (QED) is 0.618. The van der Waals surface area contributed by atoms with E-state index in [1.165, 1.54) is 0 Å². The van der Waals surface area contributed by atoms with Crippen molar-refractivity contribution in [3.63, 3.8) is 0 Å². The van der Waals surface area contributed by atoms with Crippen LogP contribution in [0.1, 0.15) is 20.3 Å². The summed E-state index contributed by atoms with van der Waals surface area (Å²) in [7, 11) is -6.93. The monoisotopic (exact) mass is 287 g/mol. The summed E-state index contributed by atoms with van der Waals surface area (Å²) in [5.41, 5.74) is 0. The zero-order chi connectivity index (χ0) is 13.7. The normalized spacial score (nSPS) is 15.1. The zero-order valence-corrected chi connectivity index (χ0v) is 12.0. The molecule has 6 nitrogen and oxygen atoms in total. The minimum atomic E-state index is -3.63. The molecule has 104 valence electrons. The van der Waals surface area contributed by atoms with Crippen LogP contribution in [0.15, 0.2) is 0 Å². The molecule has 0 saturated heterocycles. The topological polar surface area (TPSA) is 101 Å². The van der Waals surface area contributed by atoms with E-state index in [2.05, 4.69) is 4.72 Å². The number of aliphatic hydroxyl groups excluding tert-OH is 1. The van der Waals surface area contributed by atoms with E-state index in [-0.39, 0.29) is 12.5 Å². The average molecular weight is 287 g/mol. The fraction of sp³-hybridized carbons (Fsp3) is 1.00. The SMILES string of the molecule is CC(C)CC(O)CNS(=O)(=O)CCS(C)(=O)=O. The van der Waals surface area contributed by atoms with Crippen LogP contribution in [0.25, 0.3) is 0 Å². The number of sulfone groups is 1. The van der Waals surface area contributed by atoms with E-state index in [0.717, 1.165) is 6.26 Å². The maximum atomic E-state index is 11.4. The first-order valence-corrected chi connectivity index (χ1v) is 9.06. The first-order chi connectivity index (χ1) is 7.52. The molecule has 0 saturated carbocycles. The molecule has 0 fully saturated rings. The molecule has 1 unspecified atom stereocenters. The highest BCUT2D eigenvalue weighted by molar-refractivity contribution is 7.93. The van der Waals surface area contributed by atoms with Gasteiger partial charge in [-0.15, -0.1) is 0 Å². The number of hydrogen-bond acceptors (Lipinski definition) is 5. The van der Waals surface area contributed by atoms with Gasteiger partial charge in [0.15, 0.2) is 0 Å². The molecule has 0 radical (unpaired) electrons. The molecule has 0 aromatic carbocycles. The lowest BCUT2D eigenvalue weighted by atomic mass is 10.1. The largest absolute Gasteiger partial charge is 0.392 e. The molecule has 0 rings (SSSR count).